The molecule has 108 valence electrons. The van der Waals surface area contributed by atoms with E-state index >= 15 is 0 Å². The minimum atomic E-state index is -0.149. The monoisotopic (exact) mass is 274 g/mol. The molecule has 4 nitrogen and oxygen atoms in total. The fourth-order valence-corrected chi connectivity index (χ4v) is 6.22. The molecule has 0 aromatic carbocycles. The molecule has 20 heavy (non-hydrogen) atoms. The summed E-state index contributed by atoms with van der Waals surface area (Å²) < 4.78 is 5.14. The van der Waals surface area contributed by atoms with Crippen LogP contribution in [0.5, 0.6) is 0 Å². The molecular weight excluding hydrogens is 252 g/mol. The molecule has 4 aliphatic rings. The third kappa shape index (κ3) is 1.80. The number of carbonyl (C=O) groups is 1. The van der Waals surface area contributed by atoms with Crippen LogP contribution in [0, 0.1) is 16.7 Å². The van der Waals surface area contributed by atoms with Crippen molar-refractivity contribution in [2.45, 2.75) is 57.9 Å². The summed E-state index contributed by atoms with van der Waals surface area (Å²) in [6, 6.07) is 0. The van der Waals surface area contributed by atoms with Crippen molar-refractivity contribution >= 4 is 5.91 Å². The maximum absolute atomic E-state index is 12.3. The van der Waals surface area contributed by atoms with Crippen LogP contribution in [0.4, 0.5) is 0 Å². The topological polar surface area (TPSA) is 55.1 Å². The van der Waals surface area contributed by atoms with E-state index in [1.54, 1.807) is 0 Å². The van der Waals surface area contributed by atoms with Crippen LogP contribution < -0.4 is 5.32 Å². The fourth-order valence-electron chi connectivity index (χ4n) is 6.22. The van der Waals surface area contributed by atoms with Gasteiger partial charge >= 0.3 is 5.91 Å². The van der Waals surface area contributed by atoms with E-state index in [-0.39, 0.29) is 17.3 Å². The lowest BCUT2D eigenvalue weighted by atomic mass is 9.43. The van der Waals surface area contributed by atoms with Crippen molar-refractivity contribution in [1.29, 1.82) is 0 Å². The van der Waals surface area contributed by atoms with Crippen molar-refractivity contribution in [3.05, 3.63) is 18.4 Å². The van der Waals surface area contributed by atoms with Crippen LogP contribution in [-0.2, 0) is 0 Å². The maximum Gasteiger partial charge on any atom is 0.307 e. The van der Waals surface area contributed by atoms with E-state index in [0.29, 0.717) is 10.8 Å². The third-order valence-electron chi connectivity index (χ3n) is 5.63. The van der Waals surface area contributed by atoms with Gasteiger partial charge in [-0.3, -0.25) is 4.79 Å². The lowest BCUT2D eigenvalue weighted by Gasteiger charge is -2.65. The van der Waals surface area contributed by atoms with Gasteiger partial charge in [-0.1, -0.05) is 13.8 Å². The Morgan fingerprint density at radius 1 is 1.25 bits per heavy atom. The predicted molar refractivity (Wildman–Crippen MR) is 74.1 cm³/mol. The van der Waals surface area contributed by atoms with Gasteiger partial charge in [-0.2, -0.15) is 0 Å². The van der Waals surface area contributed by atoms with Gasteiger partial charge in [0.15, 0.2) is 0 Å². The van der Waals surface area contributed by atoms with E-state index in [4.69, 9.17) is 4.42 Å². The summed E-state index contributed by atoms with van der Waals surface area (Å²) in [4.78, 5) is 16.3. The smallest absolute Gasteiger partial charge is 0.307 e. The van der Waals surface area contributed by atoms with Crippen LogP contribution in [-0.4, -0.2) is 16.4 Å². The van der Waals surface area contributed by atoms with Crippen molar-refractivity contribution in [2.24, 2.45) is 16.7 Å². The molecule has 1 N–H and O–H groups in total. The molecule has 4 fully saturated rings. The molecule has 0 saturated heterocycles. The summed E-state index contributed by atoms with van der Waals surface area (Å²) in [5, 5.41) is 3.28. The van der Waals surface area contributed by atoms with Gasteiger partial charge in [0.25, 0.3) is 5.89 Å². The van der Waals surface area contributed by atoms with Crippen molar-refractivity contribution in [3.8, 4) is 0 Å². The Hall–Kier alpha value is -1.32. The molecule has 5 rings (SSSR count). The molecule has 4 bridgehead atoms. The van der Waals surface area contributed by atoms with Gasteiger partial charge in [-0.05, 0) is 55.3 Å². The van der Waals surface area contributed by atoms with Crippen molar-refractivity contribution in [2.75, 3.05) is 0 Å². The average molecular weight is 274 g/mol. The quantitative estimate of drug-likeness (QED) is 0.901. The Morgan fingerprint density at radius 2 is 1.95 bits per heavy atom. The minimum Gasteiger partial charge on any atom is -0.441 e. The van der Waals surface area contributed by atoms with Gasteiger partial charge in [0.2, 0.25) is 0 Å². The largest absolute Gasteiger partial charge is 0.441 e. The first-order valence-corrected chi connectivity index (χ1v) is 7.62. The predicted octanol–water partition coefficient (Wildman–Crippen LogP) is 3.15. The highest BCUT2D eigenvalue weighted by Crippen LogP contribution is 2.66. The van der Waals surface area contributed by atoms with Gasteiger partial charge in [0, 0.05) is 5.54 Å². The minimum absolute atomic E-state index is 0.0333. The highest BCUT2D eigenvalue weighted by Gasteiger charge is 2.60. The zero-order valence-corrected chi connectivity index (χ0v) is 12.2. The zero-order chi connectivity index (χ0) is 14.0. The van der Waals surface area contributed by atoms with E-state index in [1.807, 2.05) is 0 Å². The molecule has 1 amide bonds. The molecule has 2 atom stereocenters. The van der Waals surface area contributed by atoms with Crippen molar-refractivity contribution in [3.63, 3.8) is 0 Å². The Labute approximate surface area is 119 Å². The van der Waals surface area contributed by atoms with E-state index < -0.39 is 0 Å². The number of hydrogen-bond donors (Lipinski definition) is 1. The standard InChI is InChI=1S/C16H22N2O2/c1-14-5-11-6-15(2,8-14)10-16(7-11,9-14)18-12(19)13-17-3-4-20-13/h3-4,11H,5-10H2,1-2H3,(H,18,19). The number of rotatable bonds is 2. The number of hydrogen-bond acceptors (Lipinski definition) is 3. The summed E-state index contributed by atoms with van der Waals surface area (Å²) in [5.41, 5.74) is 0.768. The molecule has 0 aliphatic heterocycles. The number of amides is 1. The fraction of sp³-hybridized carbons (Fsp3) is 0.750. The molecule has 4 saturated carbocycles. The number of carbonyl (C=O) groups excluding carboxylic acids is 1. The van der Waals surface area contributed by atoms with Crippen LogP contribution >= 0.6 is 0 Å². The van der Waals surface area contributed by atoms with Crippen molar-refractivity contribution in [1.82, 2.24) is 10.3 Å². The van der Waals surface area contributed by atoms with Gasteiger partial charge in [0.05, 0.1) is 6.20 Å². The highest BCUT2D eigenvalue weighted by molar-refractivity contribution is 5.90. The second-order valence-corrected chi connectivity index (χ2v) is 8.20. The highest BCUT2D eigenvalue weighted by atomic mass is 16.3. The molecule has 1 heterocycles. The lowest BCUT2D eigenvalue weighted by molar-refractivity contribution is -0.114. The van der Waals surface area contributed by atoms with Crippen LogP contribution in [0.15, 0.2) is 16.9 Å². The molecule has 1 aromatic heterocycles. The molecule has 0 spiro atoms. The summed E-state index contributed by atoms with van der Waals surface area (Å²) in [6.45, 7) is 4.81. The number of nitrogens with one attached hydrogen (secondary N) is 1. The van der Waals surface area contributed by atoms with Gasteiger partial charge < -0.3 is 9.73 Å². The Kier molecular flexibility index (Phi) is 2.27. The van der Waals surface area contributed by atoms with E-state index in [1.165, 1.54) is 31.7 Å². The van der Waals surface area contributed by atoms with E-state index in [9.17, 15) is 4.79 Å². The summed E-state index contributed by atoms with van der Waals surface area (Å²) in [6.07, 6.45) is 10.3. The second kappa shape index (κ2) is 3.66. The van der Waals surface area contributed by atoms with Crippen LogP contribution in [0.2, 0.25) is 0 Å². The SMILES string of the molecule is CC12CC3CC(C)(C1)CC(NC(=O)c1ncco1)(C3)C2. The average Bonchev–Trinajstić information content (AvgIpc) is 2.75. The van der Waals surface area contributed by atoms with E-state index in [0.717, 1.165) is 25.2 Å². The molecule has 1 aromatic rings. The molecule has 0 radical (unpaired) electrons. The lowest BCUT2D eigenvalue weighted by Crippen LogP contribution is -2.65. The third-order valence-corrected chi connectivity index (χ3v) is 5.63. The Bertz CT molecular complexity index is 533. The summed E-state index contributed by atoms with van der Waals surface area (Å²) >= 11 is 0. The first-order chi connectivity index (χ1) is 9.40. The number of aromatic nitrogens is 1. The van der Waals surface area contributed by atoms with Gasteiger partial charge in [-0.25, -0.2) is 4.98 Å². The maximum atomic E-state index is 12.3. The number of nitrogens with zero attached hydrogens (tertiary/aromatic N) is 1. The summed E-state index contributed by atoms with van der Waals surface area (Å²) in [7, 11) is 0. The van der Waals surface area contributed by atoms with Crippen molar-refractivity contribution < 1.29 is 9.21 Å². The van der Waals surface area contributed by atoms with Gasteiger partial charge in [0.1, 0.15) is 6.26 Å². The van der Waals surface area contributed by atoms with E-state index in [2.05, 4.69) is 24.1 Å². The Balaban J connectivity index is 1.63. The molecule has 4 heteroatoms. The van der Waals surface area contributed by atoms with Crippen LogP contribution in [0.3, 0.4) is 0 Å². The zero-order valence-electron chi connectivity index (χ0n) is 12.2. The molecule has 2 unspecified atom stereocenters. The first kappa shape index (κ1) is 12.4. The van der Waals surface area contributed by atoms with Gasteiger partial charge in [-0.15, -0.1) is 0 Å². The normalized spacial score (nSPS) is 45.6. The molecular formula is C16H22N2O2. The second-order valence-electron chi connectivity index (χ2n) is 8.20. The number of oxazole rings is 1. The molecule has 4 aliphatic carbocycles. The van der Waals surface area contributed by atoms with Crippen LogP contribution in [0.25, 0.3) is 0 Å². The van der Waals surface area contributed by atoms with Crippen LogP contribution in [0.1, 0.15) is 63.1 Å². The Morgan fingerprint density at radius 3 is 2.50 bits per heavy atom. The first-order valence-electron chi connectivity index (χ1n) is 7.62. The summed E-state index contributed by atoms with van der Waals surface area (Å²) in [5.74, 6) is 0.811.